The molecule has 0 amide bonds. The van der Waals surface area contributed by atoms with E-state index < -0.39 is 0 Å². The lowest BCUT2D eigenvalue weighted by Gasteiger charge is -2.00. The third kappa shape index (κ3) is 2.11. The van der Waals surface area contributed by atoms with Gasteiger partial charge in [-0.3, -0.25) is 0 Å². The van der Waals surface area contributed by atoms with Crippen LogP contribution >= 0.6 is 0 Å². The fraction of sp³-hybridized carbons (Fsp3) is 0.467. The summed E-state index contributed by atoms with van der Waals surface area (Å²) < 4.78 is 11.0. The van der Waals surface area contributed by atoms with Crippen molar-refractivity contribution >= 4 is 11.1 Å². The second-order valence-corrected chi connectivity index (χ2v) is 5.67. The van der Waals surface area contributed by atoms with E-state index in [1.807, 2.05) is 6.07 Å². The van der Waals surface area contributed by atoms with Crippen LogP contribution in [0.5, 0.6) is 0 Å². The van der Waals surface area contributed by atoms with Gasteiger partial charge in [-0.1, -0.05) is 19.0 Å². The predicted octanol–water partition coefficient (Wildman–Crippen LogP) is 3.66. The lowest BCUT2D eigenvalue weighted by Crippen LogP contribution is -1.90. The number of pyridine rings is 1. The number of rotatable bonds is 4. The average molecular weight is 284 g/mol. The predicted molar refractivity (Wildman–Crippen MR) is 75.8 cm³/mol. The molecule has 1 aliphatic rings. The molecular formula is C15H16N4O2. The Kier molecular flexibility index (Phi) is 2.77. The highest BCUT2D eigenvalue weighted by molar-refractivity contribution is 5.81. The van der Waals surface area contributed by atoms with E-state index in [-0.39, 0.29) is 5.92 Å². The third-order valence-corrected chi connectivity index (χ3v) is 4.04. The first-order valence-electron chi connectivity index (χ1n) is 7.35. The normalized spacial score (nSPS) is 16.5. The Morgan fingerprint density at radius 1 is 1.33 bits per heavy atom. The van der Waals surface area contributed by atoms with Crippen LogP contribution in [0, 0.1) is 0 Å². The lowest BCUT2D eigenvalue weighted by atomic mass is 10.1. The minimum Gasteiger partial charge on any atom is -0.420 e. The molecule has 0 N–H and O–H groups in total. The molecule has 0 radical (unpaired) electrons. The first-order valence-corrected chi connectivity index (χ1v) is 7.35. The molecule has 1 atom stereocenters. The van der Waals surface area contributed by atoms with Crippen LogP contribution in [0.3, 0.4) is 0 Å². The molecule has 3 aromatic heterocycles. The van der Waals surface area contributed by atoms with E-state index in [1.54, 1.807) is 6.20 Å². The molecule has 3 heterocycles. The molecule has 1 aliphatic carbocycles. The monoisotopic (exact) mass is 284 g/mol. The molecular weight excluding hydrogens is 268 g/mol. The van der Waals surface area contributed by atoms with Gasteiger partial charge in [-0.25, -0.2) is 4.98 Å². The lowest BCUT2D eigenvalue weighted by molar-refractivity contribution is 0.439. The standard InChI is InChI=1S/C15H16N4O2/c1-3-8(2)13-17-18-14(20-13)10-6-11-12(9-4-5-9)19-21-15(11)16-7-10/h6-9H,3-5H2,1-2H3/t8-/m1/s1. The number of hydrogen-bond acceptors (Lipinski definition) is 6. The number of aromatic nitrogens is 4. The number of nitrogens with zero attached hydrogens (tertiary/aromatic N) is 4. The Labute approximate surface area is 121 Å². The molecule has 0 bridgehead atoms. The molecule has 21 heavy (non-hydrogen) atoms. The van der Waals surface area contributed by atoms with E-state index in [0.717, 1.165) is 23.1 Å². The van der Waals surface area contributed by atoms with Gasteiger partial charge in [0.1, 0.15) is 0 Å². The molecule has 0 unspecified atom stereocenters. The van der Waals surface area contributed by atoms with Gasteiger partial charge in [0.05, 0.1) is 16.6 Å². The molecule has 0 saturated heterocycles. The summed E-state index contributed by atoms with van der Waals surface area (Å²) in [6, 6.07) is 1.99. The molecule has 108 valence electrons. The van der Waals surface area contributed by atoms with Crippen LogP contribution in [-0.4, -0.2) is 20.3 Å². The van der Waals surface area contributed by atoms with Crippen LogP contribution in [0.1, 0.15) is 56.5 Å². The smallest absolute Gasteiger partial charge is 0.257 e. The Morgan fingerprint density at radius 3 is 2.95 bits per heavy atom. The fourth-order valence-corrected chi connectivity index (χ4v) is 2.34. The van der Waals surface area contributed by atoms with Gasteiger partial charge in [0.25, 0.3) is 5.71 Å². The van der Waals surface area contributed by atoms with Crippen molar-refractivity contribution in [2.24, 2.45) is 0 Å². The summed E-state index contributed by atoms with van der Waals surface area (Å²) in [7, 11) is 0. The number of hydrogen-bond donors (Lipinski definition) is 0. The third-order valence-electron chi connectivity index (χ3n) is 4.04. The fourth-order valence-electron chi connectivity index (χ4n) is 2.34. The first kappa shape index (κ1) is 12.5. The maximum Gasteiger partial charge on any atom is 0.257 e. The summed E-state index contributed by atoms with van der Waals surface area (Å²) in [5, 5.41) is 13.3. The van der Waals surface area contributed by atoms with E-state index in [9.17, 15) is 0 Å². The minimum atomic E-state index is 0.264. The number of fused-ring (bicyclic) bond motifs is 1. The van der Waals surface area contributed by atoms with Gasteiger partial charge in [0.2, 0.25) is 11.8 Å². The molecule has 0 aliphatic heterocycles. The summed E-state index contributed by atoms with van der Waals surface area (Å²) in [4.78, 5) is 4.31. The minimum absolute atomic E-state index is 0.264. The van der Waals surface area contributed by atoms with Crippen molar-refractivity contribution in [1.82, 2.24) is 20.3 Å². The van der Waals surface area contributed by atoms with E-state index in [0.29, 0.717) is 23.4 Å². The highest BCUT2D eigenvalue weighted by Crippen LogP contribution is 2.42. The molecule has 1 saturated carbocycles. The van der Waals surface area contributed by atoms with Crippen molar-refractivity contribution in [2.75, 3.05) is 0 Å². The van der Waals surface area contributed by atoms with Gasteiger partial charge < -0.3 is 8.94 Å². The Hall–Kier alpha value is -2.24. The van der Waals surface area contributed by atoms with E-state index in [2.05, 4.69) is 34.2 Å². The van der Waals surface area contributed by atoms with Gasteiger partial charge in [0, 0.05) is 18.0 Å². The summed E-state index contributed by atoms with van der Waals surface area (Å²) in [5.74, 6) is 1.95. The van der Waals surface area contributed by atoms with Crippen LogP contribution in [0.4, 0.5) is 0 Å². The Balaban J connectivity index is 1.75. The summed E-state index contributed by atoms with van der Waals surface area (Å²) in [6.45, 7) is 4.17. The van der Waals surface area contributed by atoms with Gasteiger partial charge in [-0.15, -0.1) is 10.2 Å². The van der Waals surface area contributed by atoms with Gasteiger partial charge >= 0.3 is 0 Å². The van der Waals surface area contributed by atoms with Crippen LogP contribution in [-0.2, 0) is 0 Å². The van der Waals surface area contributed by atoms with Crippen molar-refractivity contribution < 1.29 is 8.94 Å². The molecule has 0 spiro atoms. The average Bonchev–Trinajstić information content (AvgIpc) is 3.09. The largest absolute Gasteiger partial charge is 0.420 e. The van der Waals surface area contributed by atoms with Crippen LogP contribution < -0.4 is 0 Å². The second kappa shape index (κ2) is 4.65. The van der Waals surface area contributed by atoms with Gasteiger partial charge in [-0.2, -0.15) is 0 Å². The zero-order valence-electron chi connectivity index (χ0n) is 12.0. The molecule has 6 nitrogen and oxygen atoms in total. The maximum atomic E-state index is 5.75. The summed E-state index contributed by atoms with van der Waals surface area (Å²) >= 11 is 0. The maximum absolute atomic E-state index is 5.75. The van der Waals surface area contributed by atoms with Crippen molar-refractivity contribution in [1.29, 1.82) is 0 Å². The highest BCUT2D eigenvalue weighted by Gasteiger charge is 2.29. The van der Waals surface area contributed by atoms with E-state index >= 15 is 0 Å². The zero-order chi connectivity index (χ0) is 14.4. The molecule has 0 aromatic carbocycles. The quantitative estimate of drug-likeness (QED) is 0.727. The molecule has 6 heteroatoms. The Morgan fingerprint density at radius 2 is 2.19 bits per heavy atom. The summed E-state index contributed by atoms with van der Waals surface area (Å²) in [6.07, 6.45) is 5.00. The van der Waals surface area contributed by atoms with Crippen molar-refractivity contribution in [3.63, 3.8) is 0 Å². The van der Waals surface area contributed by atoms with Crippen molar-refractivity contribution in [3.8, 4) is 11.5 Å². The SMILES string of the molecule is CC[C@@H](C)c1nnc(-c2cnc3onc(C4CC4)c3c2)o1. The zero-order valence-corrected chi connectivity index (χ0v) is 12.0. The summed E-state index contributed by atoms with van der Waals surface area (Å²) in [5.41, 5.74) is 2.39. The van der Waals surface area contributed by atoms with Crippen molar-refractivity contribution in [3.05, 3.63) is 23.8 Å². The van der Waals surface area contributed by atoms with Gasteiger partial charge in [0.15, 0.2) is 0 Å². The Bertz CT molecular complexity index is 788. The van der Waals surface area contributed by atoms with E-state index in [4.69, 9.17) is 8.94 Å². The van der Waals surface area contributed by atoms with Crippen LogP contribution in [0.2, 0.25) is 0 Å². The van der Waals surface area contributed by atoms with Gasteiger partial charge in [-0.05, 0) is 25.3 Å². The van der Waals surface area contributed by atoms with Crippen LogP contribution in [0.15, 0.2) is 21.2 Å². The second-order valence-electron chi connectivity index (χ2n) is 5.67. The first-order chi connectivity index (χ1) is 10.3. The molecule has 3 aromatic rings. The molecule has 4 rings (SSSR count). The van der Waals surface area contributed by atoms with Crippen molar-refractivity contribution in [2.45, 2.75) is 44.9 Å². The highest BCUT2D eigenvalue weighted by atomic mass is 16.5. The van der Waals surface area contributed by atoms with Crippen LogP contribution in [0.25, 0.3) is 22.6 Å². The topological polar surface area (TPSA) is 77.8 Å². The molecule has 1 fully saturated rings. The van der Waals surface area contributed by atoms with E-state index in [1.165, 1.54) is 12.8 Å².